The first-order valence-electron chi connectivity index (χ1n) is 9.00. The van der Waals surface area contributed by atoms with Crippen LogP contribution >= 0.6 is 11.6 Å². The van der Waals surface area contributed by atoms with Gasteiger partial charge in [0.1, 0.15) is 5.69 Å². The molecule has 0 saturated heterocycles. The van der Waals surface area contributed by atoms with Crippen LogP contribution in [0.1, 0.15) is 11.5 Å². The predicted octanol–water partition coefficient (Wildman–Crippen LogP) is 5.66. The molecule has 4 aromatic rings. The van der Waals surface area contributed by atoms with Gasteiger partial charge in [-0.15, -0.1) is 0 Å². The molecule has 29 heavy (non-hydrogen) atoms. The molecule has 0 radical (unpaired) electrons. The molecule has 0 aliphatic heterocycles. The number of halogens is 1. The van der Waals surface area contributed by atoms with E-state index in [1.807, 2.05) is 48.5 Å². The first kappa shape index (κ1) is 19.4. The Balaban J connectivity index is 1.80. The molecule has 0 atom stereocenters. The Labute approximate surface area is 174 Å². The van der Waals surface area contributed by atoms with E-state index >= 15 is 0 Å². The van der Waals surface area contributed by atoms with Crippen LogP contribution in [-0.4, -0.2) is 19.7 Å². The van der Waals surface area contributed by atoms with Crippen molar-refractivity contribution in [2.45, 2.75) is 11.3 Å². The zero-order valence-electron chi connectivity index (χ0n) is 15.7. The molecule has 0 amide bonds. The van der Waals surface area contributed by atoms with Crippen molar-refractivity contribution in [1.82, 2.24) is 4.98 Å². The Kier molecular flexibility index (Phi) is 5.26. The average molecular weight is 424 g/mol. The monoisotopic (exact) mass is 423 g/mol. The Morgan fingerprint density at radius 3 is 2.28 bits per heavy atom. The lowest BCUT2D eigenvalue weighted by Gasteiger charge is -2.03. The van der Waals surface area contributed by atoms with Gasteiger partial charge in [-0.2, -0.15) is 0 Å². The Bertz CT molecular complexity index is 1250. The van der Waals surface area contributed by atoms with Crippen LogP contribution in [0.2, 0.25) is 5.02 Å². The van der Waals surface area contributed by atoms with Gasteiger partial charge in [0.05, 0.1) is 4.90 Å². The quantitative estimate of drug-likeness (QED) is 0.415. The SMILES string of the molecule is CS(=O)(=O)c1ccc(-c2nc(Cc3ccccc3)oc2-c2cccc(Cl)c2)cc1. The van der Waals surface area contributed by atoms with Crippen LogP contribution < -0.4 is 0 Å². The fourth-order valence-corrected chi connectivity index (χ4v) is 3.91. The van der Waals surface area contributed by atoms with Crippen LogP contribution in [0.4, 0.5) is 0 Å². The molecule has 0 spiro atoms. The number of nitrogens with zero attached hydrogens (tertiary/aromatic N) is 1. The van der Waals surface area contributed by atoms with Crippen molar-refractivity contribution in [1.29, 1.82) is 0 Å². The molecule has 1 heterocycles. The van der Waals surface area contributed by atoms with Gasteiger partial charge in [-0.05, 0) is 29.8 Å². The number of hydrogen-bond acceptors (Lipinski definition) is 4. The molecule has 3 aromatic carbocycles. The van der Waals surface area contributed by atoms with Gasteiger partial charge in [0, 0.05) is 28.8 Å². The number of hydrogen-bond donors (Lipinski definition) is 0. The highest BCUT2D eigenvalue weighted by Crippen LogP contribution is 2.34. The summed E-state index contributed by atoms with van der Waals surface area (Å²) >= 11 is 6.17. The summed E-state index contributed by atoms with van der Waals surface area (Å²) in [5, 5.41) is 0.599. The van der Waals surface area contributed by atoms with E-state index in [-0.39, 0.29) is 4.90 Å². The summed E-state index contributed by atoms with van der Waals surface area (Å²) in [4.78, 5) is 4.98. The predicted molar refractivity (Wildman–Crippen MR) is 115 cm³/mol. The van der Waals surface area contributed by atoms with Gasteiger partial charge in [0.15, 0.2) is 21.5 Å². The van der Waals surface area contributed by atoms with Crippen LogP contribution in [0.15, 0.2) is 88.2 Å². The average Bonchev–Trinajstić information content (AvgIpc) is 3.12. The number of aromatic nitrogens is 1. The molecule has 4 nitrogen and oxygen atoms in total. The van der Waals surface area contributed by atoms with E-state index in [9.17, 15) is 8.42 Å². The third kappa shape index (κ3) is 4.42. The van der Waals surface area contributed by atoms with E-state index in [1.54, 1.807) is 30.3 Å². The third-order valence-electron chi connectivity index (χ3n) is 4.51. The minimum Gasteiger partial charge on any atom is -0.440 e. The van der Waals surface area contributed by atoms with Gasteiger partial charge in [-0.1, -0.05) is 66.2 Å². The second-order valence-electron chi connectivity index (χ2n) is 6.75. The Hall–Kier alpha value is -2.89. The molecule has 6 heteroatoms. The van der Waals surface area contributed by atoms with Gasteiger partial charge in [-0.3, -0.25) is 0 Å². The van der Waals surface area contributed by atoms with E-state index in [2.05, 4.69) is 0 Å². The second kappa shape index (κ2) is 7.85. The maximum atomic E-state index is 11.8. The summed E-state index contributed by atoms with van der Waals surface area (Å²) in [5.41, 5.74) is 3.32. The smallest absolute Gasteiger partial charge is 0.199 e. The number of rotatable bonds is 5. The van der Waals surface area contributed by atoms with Crippen molar-refractivity contribution in [3.8, 4) is 22.6 Å². The van der Waals surface area contributed by atoms with Crippen LogP contribution in [0.3, 0.4) is 0 Å². The molecule has 0 N–H and O–H groups in total. The van der Waals surface area contributed by atoms with E-state index in [0.717, 1.165) is 16.7 Å². The summed E-state index contributed by atoms with van der Waals surface area (Å²) in [6, 6.07) is 24.0. The van der Waals surface area contributed by atoms with E-state index in [1.165, 1.54) is 6.26 Å². The maximum absolute atomic E-state index is 11.8. The molecular weight excluding hydrogens is 406 g/mol. The molecule has 146 valence electrons. The Morgan fingerprint density at radius 1 is 0.897 bits per heavy atom. The minimum atomic E-state index is -3.27. The molecule has 0 fully saturated rings. The third-order valence-corrected chi connectivity index (χ3v) is 5.88. The van der Waals surface area contributed by atoms with Crippen molar-refractivity contribution < 1.29 is 12.8 Å². The second-order valence-corrected chi connectivity index (χ2v) is 9.21. The van der Waals surface area contributed by atoms with Crippen LogP contribution in [-0.2, 0) is 16.3 Å². The first-order chi connectivity index (χ1) is 13.9. The van der Waals surface area contributed by atoms with E-state index in [0.29, 0.717) is 28.8 Å². The molecule has 0 unspecified atom stereocenters. The van der Waals surface area contributed by atoms with Crippen LogP contribution in [0, 0.1) is 0 Å². The van der Waals surface area contributed by atoms with Gasteiger partial charge in [0.25, 0.3) is 0 Å². The largest absolute Gasteiger partial charge is 0.440 e. The van der Waals surface area contributed by atoms with Crippen molar-refractivity contribution >= 4 is 21.4 Å². The number of sulfone groups is 1. The fraction of sp³-hybridized carbons (Fsp3) is 0.0870. The van der Waals surface area contributed by atoms with Crippen LogP contribution in [0.5, 0.6) is 0 Å². The maximum Gasteiger partial charge on any atom is 0.199 e. The molecule has 0 aliphatic carbocycles. The standard InChI is InChI=1S/C23H18ClNO3S/c1-29(26,27)20-12-10-17(11-13-20)22-23(18-8-5-9-19(24)15-18)28-21(25-22)14-16-6-3-2-4-7-16/h2-13,15H,14H2,1H3. The summed E-state index contributed by atoms with van der Waals surface area (Å²) < 4.78 is 29.7. The molecule has 4 rings (SSSR count). The zero-order valence-corrected chi connectivity index (χ0v) is 17.2. The van der Waals surface area contributed by atoms with E-state index < -0.39 is 9.84 Å². The van der Waals surface area contributed by atoms with Gasteiger partial charge >= 0.3 is 0 Å². The Morgan fingerprint density at radius 2 is 1.62 bits per heavy atom. The van der Waals surface area contributed by atoms with Gasteiger partial charge in [-0.25, -0.2) is 13.4 Å². The molecule has 0 saturated carbocycles. The minimum absolute atomic E-state index is 0.263. The van der Waals surface area contributed by atoms with Crippen molar-refractivity contribution in [2.75, 3.05) is 6.26 Å². The number of benzene rings is 3. The highest BCUT2D eigenvalue weighted by molar-refractivity contribution is 7.90. The zero-order chi connectivity index (χ0) is 20.4. The summed E-state index contributed by atoms with van der Waals surface area (Å²) in [7, 11) is -3.27. The topological polar surface area (TPSA) is 60.2 Å². The lowest BCUT2D eigenvalue weighted by Crippen LogP contribution is -1.96. The first-order valence-corrected chi connectivity index (χ1v) is 11.3. The molecule has 1 aromatic heterocycles. The fourth-order valence-electron chi connectivity index (χ4n) is 3.09. The number of oxazole rings is 1. The highest BCUT2D eigenvalue weighted by Gasteiger charge is 2.18. The van der Waals surface area contributed by atoms with Crippen molar-refractivity contribution in [3.05, 3.63) is 95.3 Å². The molecular formula is C23H18ClNO3S. The molecule has 0 aliphatic rings. The van der Waals surface area contributed by atoms with Crippen LogP contribution in [0.25, 0.3) is 22.6 Å². The lowest BCUT2D eigenvalue weighted by atomic mass is 10.1. The highest BCUT2D eigenvalue weighted by atomic mass is 35.5. The normalized spacial score (nSPS) is 11.5. The molecule has 0 bridgehead atoms. The van der Waals surface area contributed by atoms with Crippen molar-refractivity contribution in [3.63, 3.8) is 0 Å². The van der Waals surface area contributed by atoms with Crippen molar-refractivity contribution in [2.24, 2.45) is 0 Å². The van der Waals surface area contributed by atoms with Gasteiger partial charge < -0.3 is 4.42 Å². The van der Waals surface area contributed by atoms with E-state index in [4.69, 9.17) is 21.0 Å². The summed E-state index contributed by atoms with van der Waals surface area (Å²) in [6.07, 6.45) is 1.74. The summed E-state index contributed by atoms with van der Waals surface area (Å²) in [6.45, 7) is 0. The lowest BCUT2D eigenvalue weighted by molar-refractivity contribution is 0.519. The van der Waals surface area contributed by atoms with Gasteiger partial charge in [0.2, 0.25) is 0 Å². The summed E-state index contributed by atoms with van der Waals surface area (Å²) in [5.74, 6) is 1.18.